The van der Waals surface area contributed by atoms with Gasteiger partial charge in [0, 0.05) is 21.4 Å². The normalized spacial score (nSPS) is 13.9. The largest absolute Gasteiger partial charge is 0.314 e. The zero-order valence-corrected chi connectivity index (χ0v) is 17.4. The number of rotatable bonds is 2. The number of pyridine rings is 1. The van der Waals surface area contributed by atoms with E-state index in [0.29, 0.717) is 0 Å². The molecule has 0 aliphatic heterocycles. The second-order valence-corrected chi connectivity index (χ2v) is 10.6. The lowest BCUT2D eigenvalue weighted by atomic mass is 10.1. The molecule has 4 heteroatoms. The van der Waals surface area contributed by atoms with Gasteiger partial charge in [0.25, 0.3) is 0 Å². The summed E-state index contributed by atoms with van der Waals surface area (Å²) < 4.78 is 16.0. The molecular weight excluding hydrogens is 387 g/mol. The molecule has 0 aliphatic carbocycles. The molecule has 1 unspecified atom stereocenters. The SMILES string of the molecule is CP(=O)(c1ccccc1)c1ccc2c3ccccc3c3nc4ccccc4n3c2c1. The Labute approximate surface area is 174 Å². The molecule has 0 aliphatic rings. The van der Waals surface area contributed by atoms with Crippen molar-refractivity contribution in [3.63, 3.8) is 0 Å². The van der Waals surface area contributed by atoms with E-state index in [1.165, 1.54) is 0 Å². The van der Waals surface area contributed by atoms with Crippen molar-refractivity contribution in [1.29, 1.82) is 0 Å². The van der Waals surface area contributed by atoms with Crippen LogP contribution < -0.4 is 10.6 Å². The maximum absolute atomic E-state index is 13.8. The maximum Gasteiger partial charge on any atom is 0.146 e. The zero-order valence-electron chi connectivity index (χ0n) is 16.5. The summed E-state index contributed by atoms with van der Waals surface area (Å²) in [7, 11) is -2.72. The highest BCUT2D eigenvalue weighted by molar-refractivity contribution is 7.78. The number of benzene rings is 4. The monoisotopic (exact) mass is 406 g/mol. The molecule has 0 N–H and O–H groups in total. The molecule has 0 spiro atoms. The standard InChI is InChI=1S/C26H19N2OP/c1-30(29,18-9-3-2-4-10-18)19-15-16-21-20-11-5-6-12-22(20)26-27-23-13-7-8-14-24(23)28(26)25(21)17-19/h2-17H,1H3. The Hall–Kier alpha value is -3.42. The summed E-state index contributed by atoms with van der Waals surface area (Å²) in [5, 5.41) is 5.15. The van der Waals surface area contributed by atoms with Crippen molar-refractivity contribution in [2.45, 2.75) is 0 Å². The van der Waals surface area contributed by atoms with E-state index in [2.05, 4.69) is 46.9 Å². The Morgan fingerprint density at radius 2 is 1.37 bits per heavy atom. The Bertz CT molecular complexity index is 1630. The molecule has 6 aromatic rings. The van der Waals surface area contributed by atoms with Crippen molar-refractivity contribution in [2.24, 2.45) is 0 Å². The molecule has 30 heavy (non-hydrogen) atoms. The van der Waals surface area contributed by atoms with Gasteiger partial charge in [0.2, 0.25) is 0 Å². The minimum absolute atomic E-state index is 0.857. The van der Waals surface area contributed by atoms with Gasteiger partial charge in [0.1, 0.15) is 12.8 Å². The van der Waals surface area contributed by atoms with Crippen molar-refractivity contribution >= 4 is 56.1 Å². The van der Waals surface area contributed by atoms with Crippen LogP contribution in [0.15, 0.2) is 97.1 Å². The van der Waals surface area contributed by atoms with E-state index < -0.39 is 7.14 Å². The van der Waals surface area contributed by atoms with Crippen LogP contribution >= 0.6 is 7.14 Å². The summed E-state index contributed by atoms with van der Waals surface area (Å²) in [6.45, 7) is 1.85. The number of nitrogens with zero attached hydrogens (tertiary/aromatic N) is 2. The summed E-state index contributed by atoms with van der Waals surface area (Å²) in [5.74, 6) is 0. The molecule has 0 fully saturated rings. The molecule has 3 nitrogen and oxygen atoms in total. The van der Waals surface area contributed by atoms with Crippen LogP contribution in [0.1, 0.15) is 0 Å². The van der Waals surface area contributed by atoms with Gasteiger partial charge in [0.15, 0.2) is 0 Å². The predicted octanol–water partition coefficient (Wildman–Crippen LogP) is 5.74. The number of hydrogen-bond acceptors (Lipinski definition) is 2. The summed E-state index contributed by atoms with van der Waals surface area (Å²) in [5.41, 5.74) is 3.99. The van der Waals surface area contributed by atoms with Gasteiger partial charge < -0.3 is 4.57 Å². The summed E-state index contributed by atoms with van der Waals surface area (Å²) in [4.78, 5) is 4.94. The summed E-state index contributed by atoms with van der Waals surface area (Å²) in [6.07, 6.45) is 0. The van der Waals surface area contributed by atoms with E-state index in [9.17, 15) is 4.57 Å². The van der Waals surface area contributed by atoms with Crippen LogP contribution in [0.4, 0.5) is 0 Å². The topological polar surface area (TPSA) is 34.4 Å². The van der Waals surface area contributed by atoms with E-state index in [0.717, 1.165) is 49.0 Å². The zero-order chi connectivity index (χ0) is 20.3. The first-order valence-electron chi connectivity index (χ1n) is 10.00. The highest BCUT2D eigenvalue weighted by atomic mass is 31.2. The number of fused-ring (bicyclic) bond motifs is 8. The van der Waals surface area contributed by atoms with Crippen LogP contribution in [0, 0.1) is 0 Å². The summed E-state index contributed by atoms with van der Waals surface area (Å²) >= 11 is 0. The minimum atomic E-state index is -2.72. The van der Waals surface area contributed by atoms with E-state index in [-0.39, 0.29) is 0 Å². The lowest BCUT2D eigenvalue weighted by molar-refractivity contribution is 0.590. The average molecular weight is 406 g/mol. The van der Waals surface area contributed by atoms with Crippen LogP contribution in [0.25, 0.3) is 38.4 Å². The first-order chi connectivity index (χ1) is 14.6. The van der Waals surface area contributed by atoms with E-state index in [1.807, 2.05) is 61.3 Å². The molecule has 0 radical (unpaired) electrons. The van der Waals surface area contributed by atoms with Crippen LogP contribution in [0.3, 0.4) is 0 Å². The van der Waals surface area contributed by atoms with Crippen LogP contribution in [0.2, 0.25) is 0 Å². The molecule has 6 rings (SSSR count). The van der Waals surface area contributed by atoms with Crippen molar-refractivity contribution in [2.75, 3.05) is 6.66 Å². The Morgan fingerprint density at radius 1 is 0.667 bits per heavy atom. The van der Waals surface area contributed by atoms with Crippen molar-refractivity contribution in [1.82, 2.24) is 9.38 Å². The number of imidazole rings is 1. The Kier molecular flexibility index (Phi) is 3.65. The lowest BCUT2D eigenvalue weighted by Crippen LogP contribution is -2.15. The quantitative estimate of drug-likeness (QED) is 0.272. The smallest absolute Gasteiger partial charge is 0.146 e. The van der Waals surface area contributed by atoms with Gasteiger partial charge in [-0.3, -0.25) is 4.40 Å². The van der Waals surface area contributed by atoms with Gasteiger partial charge in [-0.25, -0.2) is 4.98 Å². The Morgan fingerprint density at radius 3 is 2.20 bits per heavy atom. The van der Waals surface area contributed by atoms with Crippen molar-refractivity contribution in [3.8, 4) is 0 Å². The fourth-order valence-corrected chi connectivity index (χ4v) is 6.19. The fraction of sp³-hybridized carbons (Fsp3) is 0.0385. The molecule has 4 aromatic carbocycles. The first-order valence-corrected chi connectivity index (χ1v) is 12.2. The predicted molar refractivity (Wildman–Crippen MR) is 127 cm³/mol. The first kappa shape index (κ1) is 17.4. The average Bonchev–Trinajstić information content (AvgIpc) is 3.19. The Balaban J connectivity index is 1.79. The highest BCUT2D eigenvalue weighted by Crippen LogP contribution is 2.40. The molecular formula is C26H19N2OP. The van der Waals surface area contributed by atoms with E-state index in [4.69, 9.17) is 4.98 Å². The van der Waals surface area contributed by atoms with Crippen molar-refractivity contribution < 1.29 is 4.57 Å². The molecule has 0 saturated carbocycles. The maximum atomic E-state index is 13.8. The molecule has 0 amide bonds. The molecule has 2 aromatic heterocycles. The number of para-hydroxylation sites is 2. The van der Waals surface area contributed by atoms with Gasteiger partial charge in [-0.05, 0) is 30.3 Å². The van der Waals surface area contributed by atoms with Gasteiger partial charge in [0.05, 0.1) is 16.6 Å². The fourth-order valence-electron chi connectivity index (χ4n) is 4.42. The number of hydrogen-bond donors (Lipinski definition) is 0. The van der Waals surface area contributed by atoms with Gasteiger partial charge in [-0.15, -0.1) is 0 Å². The molecule has 1 atom stereocenters. The van der Waals surface area contributed by atoms with Crippen LogP contribution in [0.5, 0.6) is 0 Å². The molecule has 2 heterocycles. The third-order valence-electron chi connectivity index (χ3n) is 5.98. The third-order valence-corrected chi connectivity index (χ3v) is 8.53. The molecule has 144 valence electrons. The second kappa shape index (κ2) is 6.29. The second-order valence-electron chi connectivity index (χ2n) is 7.77. The van der Waals surface area contributed by atoms with E-state index in [1.54, 1.807) is 0 Å². The van der Waals surface area contributed by atoms with E-state index >= 15 is 0 Å². The third kappa shape index (κ3) is 2.39. The van der Waals surface area contributed by atoms with Crippen LogP contribution in [-0.2, 0) is 4.57 Å². The lowest BCUT2D eigenvalue weighted by Gasteiger charge is -2.16. The highest BCUT2D eigenvalue weighted by Gasteiger charge is 2.22. The van der Waals surface area contributed by atoms with Gasteiger partial charge in [-0.2, -0.15) is 0 Å². The molecule has 0 bridgehead atoms. The van der Waals surface area contributed by atoms with Gasteiger partial charge >= 0.3 is 0 Å². The summed E-state index contributed by atoms with van der Waals surface area (Å²) in [6, 6.07) is 32.5. The van der Waals surface area contributed by atoms with Crippen LogP contribution in [-0.4, -0.2) is 16.0 Å². The number of aromatic nitrogens is 2. The van der Waals surface area contributed by atoms with Crippen molar-refractivity contribution in [3.05, 3.63) is 97.1 Å². The minimum Gasteiger partial charge on any atom is -0.314 e. The molecule has 0 saturated heterocycles. The van der Waals surface area contributed by atoms with Gasteiger partial charge in [-0.1, -0.05) is 78.9 Å².